The molecule has 0 aliphatic heterocycles. The van der Waals surface area contributed by atoms with Crippen molar-refractivity contribution in [2.45, 2.75) is 4.90 Å². The predicted octanol–water partition coefficient (Wildman–Crippen LogP) is 2.95. The molecule has 1 heterocycles. The molecule has 0 atom stereocenters. The van der Waals surface area contributed by atoms with Crippen molar-refractivity contribution < 1.29 is 13.2 Å². The molecule has 0 saturated carbocycles. The first-order valence-electron chi connectivity index (χ1n) is 5.17. The van der Waals surface area contributed by atoms with Crippen LogP contribution in [-0.4, -0.2) is 14.3 Å². The second kappa shape index (κ2) is 5.61. The second-order valence-corrected chi connectivity index (χ2v) is 7.67. The van der Waals surface area contributed by atoms with E-state index in [9.17, 15) is 13.2 Å². The Balaban J connectivity index is 2.28. The minimum absolute atomic E-state index is 0.0799. The number of nitrogens with two attached hydrogens (primary N) is 1. The number of thiophene rings is 1. The van der Waals surface area contributed by atoms with Crippen LogP contribution in [0.5, 0.6) is 0 Å². The van der Waals surface area contributed by atoms with E-state index >= 15 is 0 Å². The van der Waals surface area contributed by atoms with Crippen molar-refractivity contribution in [2.75, 3.05) is 4.72 Å². The zero-order valence-corrected chi connectivity index (χ0v) is 12.9. The van der Waals surface area contributed by atoms with Crippen molar-refractivity contribution in [1.82, 2.24) is 0 Å². The Labute approximate surface area is 129 Å². The fraction of sp³-hybridized carbons (Fsp3) is 0. The lowest BCUT2D eigenvalue weighted by molar-refractivity contribution is 0.100. The Morgan fingerprint density at radius 2 is 1.80 bits per heavy atom. The van der Waals surface area contributed by atoms with Gasteiger partial charge in [0.15, 0.2) is 0 Å². The zero-order valence-electron chi connectivity index (χ0n) is 9.76. The van der Waals surface area contributed by atoms with Gasteiger partial charge in [-0.15, -0.1) is 11.3 Å². The third-order valence-corrected chi connectivity index (χ3v) is 5.47. The first-order chi connectivity index (χ1) is 9.29. The molecule has 0 bridgehead atoms. The number of carbonyl (C=O) groups excluding carboxylic acids is 1. The molecule has 0 aliphatic carbocycles. The molecule has 1 aromatic carbocycles. The standard InChI is InChI=1S/C11H8Cl2N2O3S2/c12-9-5-8(10(13)19-9)20(17,18)15-7-3-1-6(2-4-7)11(14)16/h1-5,15H,(H2,14,16). The van der Waals surface area contributed by atoms with Gasteiger partial charge in [0.1, 0.15) is 9.23 Å². The van der Waals surface area contributed by atoms with Gasteiger partial charge in [0.05, 0.1) is 4.34 Å². The second-order valence-electron chi connectivity index (χ2n) is 3.74. The summed E-state index contributed by atoms with van der Waals surface area (Å²) < 4.78 is 26.9. The first kappa shape index (κ1) is 15.1. The Kier molecular flexibility index (Phi) is 4.24. The van der Waals surface area contributed by atoms with Crippen LogP contribution in [0.25, 0.3) is 0 Å². The highest BCUT2D eigenvalue weighted by atomic mass is 35.5. The van der Waals surface area contributed by atoms with Gasteiger partial charge < -0.3 is 5.73 Å². The van der Waals surface area contributed by atoms with Crippen LogP contribution in [0.3, 0.4) is 0 Å². The van der Waals surface area contributed by atoms with Crippen molar-refractivity contribution in [3.8, 4) is 0 Å². The molecule has 0 fully saturated rings. The van der Waals surface area contributed by atoms with Gasteiger partial charge in [0.2, 0.25) is 5.91 Å². The van der Waals surface area contributed by atoms with E-state index in [0.29, 0.717) is 0 Å². The van der Waals surface area contributed by atoms with Gasteiger partial charge in [-0.05, 0) is 30.3 Å². The lowest BCUT2D eigenvalue weighted by Gasteiger charge is -2.07. The number of hydrogen-bond acceptors (Lipinski definition) is 4. The molecule has 20 heavy (non-hydrogen) atoms. The van der Waals surface area contributed by atoms with E-state index in [2.05, 4.69) is 4.72 Å². The molecule has 0 unspecified atom stereocenters. The molecular weight excluding hydrogens is 343 g/mol. The number of hydrogen-bond donors (Lipinski definition) is 2. The molecule has 0 saturated heterocycles. The van der Waals surface area contributed by atoms with Gasteiger partial charge in [-0.2, -0.15) is 0 Å². The highest BCUT2D eigenvalue weighted by molar-refractivity contribution is 7.93. The Morgan fingerprint density at radius 3 is 2.25 bits per heavy atom. The lowest BCUT2D eigenvalue weighted by atomic mass is 10.2. The van der Waals surface area contributed by atoms with E-state index in [1.165, 1.54) is 30.3 Å². The largest absolute Gasteiger partial charge is 0.366 e. The molecule has 2 aromatic rings. The maximum Gasteiger partial charge on any atom is 0.264 e. The van der Waals surface area contributed by atoms with Crippen LogP contribution in [0.1, 0.15) is 10.4 Å². The fourth-order valence-electron chi connectivity index (χ4n) is 1.42. The SMILES string of the molecule is NC(=O)c1ccc(NS(=O)(=O)c2cc(Cl)sc2Cl)cc1. The molecule has 0 spiro atoms. The summed E-state index contributed by atoms with van der Waals surface area (Å²) in [4.78, 5) is 10.8. The molecule has 0 radical (unpaired) electrons. The van der Waals surface area contributed by atoms with Gasteiger partial charge in [0.25, 0.3) is 10.0 Å². The van der Waals surface area contributed by atoms with Crippen LogP contribution in [0, 0.1) is 0 Å². The first-order valence-corrected chi connectivity index (χ1v) is 8.22. The number of anilines is 1. The number of benzene rings is 1. The molecule has 106 valence electrons. The van der Waals surface area contributed by atoms with Crippen LogP contribution < -0.4 is 10.5 Å². The summed E-state index contributed by atoms with van der Waals surface area (Å²) in [6.07, 6.45) is 0. The van der Waals surface area contributed by atoms with Gasteiger partial charge in [-0.1, -0.05) is 23.2 Å². The summed E-state index contributed by atoms with van der Waals surface area (Å²) in [6.45, 7) is 0. The minimum Gasteiger partial charge on any atom is -0.366 e. The van der Waals surface area contributed by atoms with Crippen molar-refractivity contribution in [2.24, 2.45) is 5.73 Å². The average molecular weight is 351 g/mol. The zero-order chi connectivity index (χ0) is 14.9. The molecule has 2 rings (SSSR count). The van der Waals surface area contributed by atoms with Crippen LogP contribution in [0.4, 0.5) is 5.69 Å². The number of sulfonamides is 1. The van der Waals surface area contributed by atoms with Gasteiger partial charge in [-0.25, -0.2) is 8.42 Å². The third kappa shape index (κ3) is 3.24. The molecule has 1 aromatic heterocycles. The van der Waals surface area contributed by atoms with Gasteiger partial charge >= 0.3 is 0 Å². The summed E-state index contributed by atoms with van der Waals surface area (Å²) in [5.41, 5.74) is 5.66. The maximum absolute atomic E-state index is 12.1. The summed E-state index contributed by atoms with van der Waals surface area (Å²) in [5, 5.41) is 0. The van der Waals surface area contributed by atoms with Crippen LogP contribution >= 0.6 is 34.5 Å². The van der Waals surface area contributed by atoms with Crippen molar-refractivity contribution in [1.29, 1.82) is 0 Å². The van der Waals surface area contributed by atoms with E-state index in [0.717, 1.165) is 11.3 Å². The Bertz CT molecular complexity index is 754. The molecule has 3 N–H and O–H groups in total. The number of amides is 1. The van der Waals surface area contributed by atoms with Gasteiger partial charge in [0, 0.05) is 11.3 Å². The predicted molar refractivity (Wildman–Crippen MR) is 80.1 cm³/mol. The van der Waals surface area contributed by atoms with Crippen LogP contribution in [0.2, 0.25) is 8.67 Å². The van der Waals surface area contributed by atoms with Crippen LogP contribution in [-0.2, 0) is 10.0 Å². The van der Waals surface area contributed by atoms with E-state index < -0.39 is 15.9 Å². The number of nitrogens with one attached hydrogen (secondary N) is 1. The average Bonchev–Trinajstić information content (AvgIpc) is 2.69. The summed E-state index contributed by atoms with van der Waals surface area (Å²) in [7, 11) is -3.83. The third-order valence-electron chi connectivity index (χ3n) is 2.34. The minimum atomic E-state index is -3.83. The van der Waals surface area contributed by atoms with Crippen molar-refractivity contribution >= 4 is 56.2 Å². The molecule has 9 heteroatoms. The molecule has 5 nitrogen and oxygen atoms in total. The topological polar surface area (TPSA) is 89.3 Å². The van der Waals surface area contributed by atoms with E-state index in [1.807, 2.05) is 0 Å². The van der Waals surface area contributed by atoms with Crippen LogP contribution in [0.15, 0.2) is 35.2 Å². The fourth-order valence-corrected chi connectivity index (χ4v) is 4.63. The number of carbonyl (C=O) groups is 1. The smallest absolute Gasteiger partial charge is 0.264 e. The summed E-state index contributed by atoms with van der Waals surface area (Å²) >= 11 is 12.5. The summed E-state index contributed by atoms with van der Waals surface area (Å²) in [6, 6.07) is 6.97. The van der Waals surface area contributed by atoms with Gasteiger partial charge in [-0.3, -0.25) is 9.52 Å². The van der Waals surface area contributed by atoms with Crippen molar-refractivity contribution in [3.63, 3.8) is 0 Å². The number of rotatable bonds is 4. The summed E-state index contributed by atoms with van der Waals surface area (Å²) in [5.74, 6) is -0.591. The van der Waals surface area contributed by atoms with E-state index in [-0.39, 0.29) is 24.8 Å². The van der Waals surface area contributed by atoms with E-state index in [4.69, 9.17) is 28.9 Å². The molecular formula is C11H8Cl2N2O3S2. The van der Waals surface area contributed by atoms with E-state index in [1.54, 1.807) is 0 Å². The normalized spacial score (nSPS) is 11.3. The number of halogens is 2. The molecule has 0 aliphatic rings. The van der Waals surface area contributed by atoms with Crippen molar-refractivity contribution in [3.05, 3.63) is 44.6 Å². The number of primary amides is 1. The Morgan fingerprint density at radius 1 is 1.20 bits per heavy atom. The monoisotopic (exact) mass is 350 g/mol. The lowest BCUT2D eigenvalue weighted by Crippen LogP contribution is -2.13. The quantitative estimate of drug-likeness (QED) is 0.887. The highest BCUT2D eigenvalue weighted by Gasteiger charge is 2.21. The highest BCUT2D eigenvalue weighted by Crippen LogP contribution is 2.35. The Hall–Kier alpha value is -1.28. The maximum atomic E-state index is 12.1. The molecule has 1 amide bonds.